The first kappa shape index (κ1) is 15.9. The summed E-state index contributed by atoms with van der Waals surface area (Å²) < 4.78 is 0. The van der Waals surface area contributed by atoms with Gasteiger partial charge in [-0.3, -0.25) is 4.90 Å². The van der Waals surface area contributed by atoms with E-state index in [4.69, 9.17) is 0 Å². The Morgan fingerprint density at radius 1 is 1.19 bits per heavy atom. The number of rotatable bonds is 6. The Labute approximate surface area is 101 Å². The summed E-state index contributed by atoms with van der Waals surface area (Å²) in [5, 5.41) is 13.3. The first-order chi connectivity index (χ1) is 7.08. The first-order valence-electron chi connectivity index (χ1n) is 6.23. The van der Waals surface area contributed by atoms with Crippen molar-refractivity contribution in [1.29, 1.82) is 0 Å². The van der Waals surface area contributed by atoms with Crippen molar-refractivity contribution in [3.63, 3.8) is 0 Å². The molecule has 1 atom stereocenters. The van der Waals surface area contributed by atoms with Crippen molar-refractivity contribution in [2.24, 2.45) is 0 Å². The Hall–Kier alpha value is -0.120. The van der Waals surface area contributed by atoms with Gasteiger partial charge in [-0.2, -0.15) is 0 Å². The quantitative estimate of drug-likeness (QED) is 0.731. The standard InChI is InChI=1S/C13H30N2O/c1-8-13(5,6)15(7)10-11(16)9-14-12(2,3)4/h11,14,16H,8-10H2,1-7H3. The molecule has 2 N–H and O–H groups in total. The molecule has 0 aromatic rings. The molecule has 3 nitrogen and oxygen atoms in total. The van der Waals surface area contributed by atoms with E-state index in [1.165, 1.54) is 0 Å². The number of nitrogens with zero attached hydrogens (tertiary/aromatic N) is 1. The highest BCUT2D eigenvalue weighted by Crippen LogP contribution is 2.16. The van der Waals surface area contributed by atoms with Gasteiger partial charge in [-0.25, -0.2) is 0 Å². The molecule has 0 heterocycles. The average molecular weight is 230 g/mol. The molecular formula is C13H30N2O. The lowest BCUT2D eigenvalue weighted by Crippen LogP contribution is -2.48. The fourth-order valence-corrected chi connectivity index (χ4v) is 1.32. The Morgan fingerprint density at radius 2 is 1.69 bits per heavy atom. The second kappa shape index (κ2) is 5.99. The average Bonchev–Trinajstić information content (AvgIpc) is 2.13. The van der Waals surface area contributed by atoms with Crippen LogP contribution in [0.3, 0.4) is 0 Å². The summed E-state index contributed by atoms with van der Waals surface area (Å²) in [6.45, 7) is 14.3. The van der Waals surface area contributed by atoms with E-state index in [0.29, 0.717) is 13.1 Å². The Balaban J connectivity index is 4.01. The zero-order chi connectivity index (χ0) is 13.0. The number of hydrogen-bond donors (Lipinski definition) is 2. The van der Waals surface area contributed by atoms with Gasteiger partial charge in [0.25, 0.3) is 0 Å². The Kier molecular flexibility index (Phi) is 5.94. The van der Waals surface area contributed by atoms with E-state index in [-0.39, 0.29) is 17.2 Å². The first-order valence-corrected chi connectivity index (χ1v) is 6.23. The van der Waals surface area contributed by atoms with Crippen molar-refractivity contribution < 1.29 is 5.11 Å². The fourth-order valence-electron chi connectivity index (χ4n) is 1.32. The van der Waals surface area contributed by atoms with Crippen LogP contribution >= 0.6 is 0 Å². The van der Waals surface area contributed by atoms with Gasteiger partial charge >= 0.3 is 0 Å². The molecule has 0 aromatic carbocycles. The SMILES string of the molecule is CCC(C)(C)N(C)CC(O)CNC(C)(C)C. The molecule has 0 radical (unpaired) electrons. The smallest absolute Gasteiger partial charge is 0.0791 e. The molecule has 0 aliphatic rings. The molecule has 0 bridgehead atoms. The van der Waals surface area contributed by atoms with Gasteiger partial charge in [0, 0.05) is 24.2 Å². The third kappa shape index (κ3) is 6.46. The van der Waals surface area contributed by atoms with Gasteiger partial charge in [0.2, 0.25) is 0 Å². The van der Waals surface area contributed by atoms with Crippen LogP contribution in [-0.4, -0.2) is 47.3 Å². The number of aliphatic hydroxyl groups is 1. The molecule has 0 aromatic heterocycles. The summed E-state index contributed by atoms with van der Waals surface area (Å²) in [6.07, 6.45) is 0.776. The zero-order valence-electron chi connectivity index (χ0n) is 12.1. The van der Waals surface area contributed by atoms with Gasteiger partial charge in [-0.05, 0) is 48.1 Å². The maximum atomic E-state index is 9.94. The van der Waals surface area contributed by atoms with Crippen molar-refractivity contribution in [1.82, 2.24) is 10.2 Å². The lowest BCUT2D eigenvalue weighted by Gasteiger charge is -2.36. The molecule has 16 heavy (non-hydrogen) atoms. The van der Waals surface area contributed by atoms with Crippen molar-refractivity contribution in [2.45, 2.75) is 65.1 Å². The highest BCUT2D eigenvalue weighted by Gasteiger charge is 2.23. The number of nitrogens with one attached hydrogen (secondary N) is 1. The molecular weight excluding hydrogens is 200 g/mol. The summed E-state index contributed by atoms with van der Waals surface area (Å²) >= 11 is 0. The summed E-state index contributed by atoms with van der Waals surface area (Å²) in [5.41, 5.74) is 0.225. The van der Waals surface area contributed by atoms with Crippen LogP contribution in [0.5, 0.6) is 0 Å². The lowest BCUT2D eigenvalue weighted by atomic mass is 9.99. The van der Waals surface area contributed by atoms with Crippen LogP contribution in [0.15, 0.2) is 0 Å². The van der Waals surface area contributed by atoms with Crippen molar-refractivity contribution in [3.05, 3.63) is 0 Å². The molecule has 0 aliphatic carbocycles. The van der Waals surface area contributed by atoms with Crippen LogP contribution in [-0.2, 0) is 0 Å². The van der Waals surface area contributed by atoms with Crippen molar-refractivity contribution in [3.8, 4) is 0 Å². The molecule has 0 saturated heterocycles. The highest BCUT2D eigenvalue weighted by molar-refractivity contribution is 4.81. The predicted octanol–water partition coefficient (Wildman–Crippen LogP) is 1.86. The minimum atomic E-state index is -0.310. The van der Waals surface area contributed by atoms with E-state index >= 15 is 0 Å². The van der Waals surface area contributed by atoms with Crippen LogP contribution in [0.25, 0.3) is 0 Å². The van der Waals surface area contributed by atoms with Crippen LogP contribution in [0.2, 0.25) is 0 Å². The normalized spacial score (nSPS) is 15.6. The molecule has 3 heteroatoms. The van der Waals surface area contributed by atoms with E-state index in [9.17, 15) is 5.11 Å². The molecule has 98 valence electrons. The van der Waals surface area contributed by atoms with Gasteiger partial charge in [-0.1, -0.05) is 6.92 Å². The van der Waals surface area contributed by atoms with Gasteiger partial charge < -0.3 is 10.4 Å². The van der Waals surface area contributed by atoms with Gasteiger partial charge in [0.1, 0.15) is 0 Å². The Bertz CT molecular complexity index is 197. The fraction of sp³-hybridized carbons (Fsp3) is 1.00. The monoisotopic (exact) mass is 230 g/mol. The number of likely N-dealkylation sites (N-methyl/N-ethyl adjacent to an activating group) is 1. The minimum absolute atomic E-state index is 0.0693. The zero-order valence-corrected chi connectivity index (χ0v) is 12.1. The molecule has 0 aliphatic heterocycles. The summed E-state index contributed by atoms with van der Waals surface area (Å²) in [5.74, 6) is 0. The van der Waals surface area contributed by atoms with Gasteiger partial charge in [0.15, 0.2) is 0 Å². The maximum absolute atomic E-state index is 9.94. The van der Waals surface area contributed by atoms with Crippen LogP contribution in [0.1, 0.15) is 48.0 Å². The van der Waals surface area contributed by atoms with Gasteiger partial charge in [-0.15, -0.1) is 0 Å². The van der Waals surface area contributed by atoms with E-state index in [1.807, 2.05) is 0 Å². The summed E-state index contributed by atoms with van der Waals surface area (Å²) in [7, 11) is 2.07. The number of β-amino-alcohol motifs (C(OH)–C–C–N with tert-alkyl or cyclic N) is 1. The van der Waals surface area contributed by atoms with Crippen molar-refractivity contribution >= 4 is 0 Å². The lowest BCUT2D eigenvalue weighted by molar-refractivity contribution is 0.0653. The van der Waals surface area contributed by atoms with Gasteiger partial charge in [0.05, 0.1) is 6.10 Å². The molecule has 0 amide bonds. The third-order valence-corrected chi connectivity index (χ3v) is 3.25. The third-order valence-electron chi connectivity index (χ3n) is 3.25. The summed E-state index contributed by atoms with van der Waals surface area (Å²) in [6, 6.07) is 0. The van der Waals surface area contributed by atoms with E-state index in [1.54, 1.807) is 0 Å². The number of hydrogen-bond acceptors (Lipinski definition) is 3. The van der Waals surface area contributed by atoms with Crippen molar-refractivity contribution in [2.75, 3.05) is 20.1 Å². The molecule has 0 fully saturated rings. The van der Waals surface area contributed by atoms with E-state index < -0.39 is 0 Å². The largest absolute Gasteiger partial charge is 0.390 e. The summed E-state index contributed by atoms with van der Waals surface area (Å²) in [4.78, 5) is 2.22. The van der Waals surface area contributed by atoms with Crippen LogP contribution in [0, 0.1) is 0 Å². The highest BCUT2D eigenvalue weighted by atomic mass is 16.3. The van der Waals surface area contributed by atoms with E-state index in [2.05, 4.69) is 58.8 Å². The second-order valence-corrected chi connectivity index (χ2v) is 6.33. The number of aliphatic hydroxyl groups excluding tert-OH is 1. The topological polar surface area (TPSA) is 35.5 Å². The second-order valence-electron chi connectivity index (χ2n) is 6.33. The molecule has 1 unspecified atom stereocenters. The van der Waals surface area contributed by atoms with Crippen LogP contribution < -0.4 is 5.32 Å². The maximum Gasteiger partial charge on any atom is 0.0791 e. The molecule has 0 spiro atoms. The minimum Gasteiger partial charge on any atom is -0.390 e. The molecule has 0 saturated carbocycles. The van der Waals surface area contributed by atoms with E-state index in [0.717, 1.165) is 6.42 Å². The Morgan fingerprint density at radius 3 is 2.06 bits per heavy atom. The molecule has 0 rings (SSSR count). The van der Waals surface area contributed by atoms with Crippen LogP contribution in [0.4, 0.5) is 0 Å². The predicted molar refractivity (Wildman–Crippen MR) is 70.8 cm³/mol.